The summed E-state index contributed by atoms with van der Waals surface area (Å²) in [4.78, 5) is 34.8. The van der Waals surface area contributed by atoms with Gasteiger partial charge in [0.1, 0.15) is 6.04 Å². The van der Waals surface area contributed by atoms with Crippen molar-refractivity contribution < 1.29 is 23.9 Å². The molecule has 3 atom stereocenters. The quantitative estimate of drug-likeness (QED) is 0.618. The molecule has 0 saturated carbocycles. The summed E-state index contributed by atoms with van der Waals surface area (Å²) in [7, 11) is 0. The summed E-state index contributed by atoms with van der Waals surface area (Å²) in [6.07, 6.45) is 0.659. The minimum Gasteiger partial charge on any atom is -0.466 e. The first-order valence-electron chi connectivity index (χ1n) is 6.78. The zero-order chi connectivity index (χ0) is 15.1. The second-order valence-electron chi connectivity index (χ2n) is 4.94. The van der Waals surface area contributed by atoms with E-state index in [1.807, 2.05) is 0 Å². The third kappa shape index (κ3) is 4.80. The molecule has 1 fully saturated rings. The number of hydrogen-bond acceptors (Lipinski definition) is 5. The fourth-order valence-electron chi connectivity index (χ4n) is 2.11. The maximum absolute atomic E-state index is 12.0. The first kappa shape index (κ1) is 16.4. The number of carbonyl (C=O) groups is 3. The van der Waals surface area contributed by atoms with Crippen LogP contribution in [0.1, 0.15) is 26.7 Å². The Bertz CT molecular complexity index is 366. The molecule has 114 valence electrons. The molecule has 1 heterocycles. The van der Waals surface area contributed by atoms with Crippen LogP contribution in [0.5, 0.6) is 0 Å². The SMILES string of the molecule is CCOC(=O)C[C@@H](C)[C@@H](NC(=O)[C@@H]1CCOC1)C(N)=O. The van der Waals surface area contributed by atoms with Gasteiger partial charge < -0.3 is 20.5 Å². The van der Waals surface area contributed by atoms with Gasteiger partial charge in [0.2, 0.25) is 11.8 Å². The summed E-state index contributed by atoms with van der Waals surface area (Å²) in [5.74, 6) is -2.01. The summed E-state index contributed by atoms with van der Waals surface area (Å²) in [5, 5.41) is 2.60. The van der Waals surface area contributed by atoms with E-state index in [4.69, 9.17) is 15.2 Å². The molecule has 7 heteroatoms. The monoisotopic (exact) mass is 286 g/mol. The standard InChI is InChI=1S/C13H22N2O5/c1-3-20-10(16)6-8(2)11(12(14)17)15-13(18)9-4-5-19-7-9/h8-9,11H,3-7H2,1-2H3,(H2,14,17)(H,15,18)/t8-,9-,11-/m1/s1. The maximum atomic E-state index is 12.0. The summed E-state index contributed by atoms with van der Waals surface area (Å²) in [6.45, 7) is 4.55. The molecule has 0 aromatic rings. The predicted molar refractivity (Wildman–Crippen MR) is 70.5 cm³/mol. The highest BCUT2D eigenvalue weighted by molar-refractivity contribution is 5.88. The van der Waals surface area contributed by atoms with E-state index in [9.17, 15) is 14.4 Å². The Morgan fingerprint density at radius 3 is 2.65 bits per heavy atom. The van der Waals surface area contributed by atoms with Crippen LogP contribution in [-0.4, -0.2) is 43.6 Å². The molecule has 1 saturated heterocycles. The van der Waals surface area contributed by atoms with E-state index in [1.165, 1.54) is 0 Å². The first-order valence-corrected chi connectivity index (χ1v) is 6.78. The molecule has 0 unspecified atom stereocenters. The lowest BCUT2D eigenvalue weighted by molar-refractivity contribution is -0.145. The normalized spacial score (nSPS) is 21.0. The van der Waals surface area contributed by atoms with Crippen LogP contribution in [-0.2, 0) is 23.9 Å². The van der Waals surface area contributed by atoms with E-state index >= 15 is 0 Å². The van der Waals surface area contributed by atoms with Crippen LogP contribution in [0.3, 0.4) is 0 Å². The molecular weight excluding hydrogens is 264 g/mol. The van der Waals surface area contributed by atoms with Gasteiger partial charge >= 0.3 is 5.97 Å². The molecule has 1 aliphatic rings. The molecule has 20 heavy (non-hydrogen) atoms. The van der Waals surface area contributed by atoms with Crippen LogP contribution >= 0.6 is 0 Å². The van der Waals surface area contributed by atoms with E-state index in [-0.39, 0.29) is 24.9 Å². The van der Waals surface area contributed by atoms with E-state index in [0.717, 1.165) is 0 Å². The van der Waals surface area contributed by atoms with Gasteiger partial charge in [-0.1, -0.05) is 6.92 Å². The number of nitrogens with one attached hydrogen (secondary N) is 1. The highest BCUT2D eigenvalue weighted by Crippen LogP contribution is 2.15. The van der Waals surface area contributed by atoms with Gasteiger partial charge in [-0.3, -0.25) is 14.4 Å². The van der Waals surface area contributed by atoms with Crippen molar-refractivity contribution in [3.63, 3.8) is 0 Å². The summed E-state index contributed by atoms with van der Waals surface area (Å²) < 4.78 is 9.95. The second-order valence-corrected chi connectivity index (χ2v) is 4.94. The average molecular weight is 286 g/mol. The van der Waals surface area contributed by atoms with Crippen LogP contribution in [0.4, 0.5) is 0 Å². The smallest absolute Gasteiger partial charge is 0.306 e. The molecule has 7 nitrogen and oxygen atoms in total. The Labute approximate surface area is 118 Å². The largest absolute Gasteiger partial charge is 0.466 e. The van der Waals surface area contributed by atoms with Gasteiger partial charge in [0.15, 0.2) is 0 Å². The molecule has 0 aromatic carbocycles. The van der Waals surface area contributed by atoms with Crippen LogP contribution in [0, 0.1) is 11.8 Å². The van der Waals surface area contributed by atoms with Crippen molar-refractivity contribution >= 4 is 17.8 Å². The molecule has 0 bridgehead atoms. The van der Waals surface area contributed by atoms with Gasteiger partial charge in [0.25, 0.3) is 0 Å². The van der Waals surface area contributed by atoms with Gasteiger partial charge in [0, 0.05) is 6.61 Å². The summed E-state index contributed by atoms with van der Waals surface area (Å²) in [6, 6.07) is -0.882. The van der Waals surface area contributed by atoms with Crippen molar-refractivity contribution in [2.75, 3.05) is 19.8 Å². The number of carbonyl (C=O) groups excluding carboxylic acids is 3. The van der Waals surface area contributed by atoms with E-state index in [2.05, 4.69) is 5.32 Å². The lowest BCUT2D eigenvalue weighted by Gasteiger charge is -2.23. The number of esters is 1. The number of rotatable bonds is 7. The zero-order valence-corrected chi connectivity index (χ0v) is 11.9. The highest BCUT2D eigenvalue weighted by atomic mass is 16.5. The number of nitrogens with two attached hydrogens (primary N) is 1. The van der Waals surface area contributed by atoms with Crippen molar-refractivity contribution in [3.8, 4) is 0 Å². The Morgan fingerprint density at radius 2 is 2.15 bits per heavy atom. The number of hydrogen-bond donors (Lipinski definition) is 2. The molecule has 0 radical (unpaired) electrons. The summed E-state index contributed by atoms with van der Waals surface area (Å²) in [5.41, 5.74) is 5.30. The minimum absolute atomic E-state index is 0.0306. The van der Waals surface area contributed by atoms with Crippen LogP contribution < -0.4 is 11.1 Å². The Kier molecular flexibility index (Phi) is 6.44. The van der Waals surface area contributed by atoms with Crippen molar-refractivity contribution in [2.24, 2.45) is 17.6 Å². The van der Waals surface area contributed by atoms with Gasteiger partial charge in [-0.2, -0.15) is 0 Å². The molecule has 3 N–H and O–H groups in total. The zero-order valence-electron chi connectivity index (χ0n) is 11.9. The molecule has 0 aromatic heterocycles. The Hall–Kier alpha value is -1.63. The maximum Gasteiger partial charge on any atom is 0.306 e. The van der Waals surface area contributed by atoms with Gasteiger partial charge in [-0.25, -0.2) is 0 Å². The Balaban J connectivity index is 2.56. The molecular formula is C13H22N2O5. The topological polar surface area (TPSA) is 108 Å². The van der Waals surface area contributed by atoms with Gasteiger partial charge in [0.05, 0.1) is 25.6 Å². The van der Waals surface area contributed by atoms with Crippen molar-refractivity contribution in [1.82, 2.24) is 5.32 Å². The van der Waals surface area contributed by atoms with Gasteiger partial charge in [-0.15, -0.1) is 0 Å². The van der Waals surface area contributed by atoms with Crippen LogP contribution in [0.2, 0.25) is 0 Å². The fraction of sp³-hybridized carbons (Fsp3) is 0.769. The lowest BCUT2D eigenvalue weighted by Crippen LogP contribution is -2.50. The average Bonchev–Trinajstić information content (AvgIpc) is 2.89. The van der Waals surface area contributed by atoms with Crippen molar-refractivity contribution in [1.29, 1.82) is 0 Å². The fourth-order valence-corrected chi connectivity index (χ4v) is 2.11. The van der Waals surface area contributed by atoms with E-state index < -0.39 is 23.8 Å². The van der Waals surface area contributed by atoms with Crippen LogP contribution in [0.25, 0.3) is 0 Å². The first-order chi connectivity index (χ1) is 9.45. The predicted octanol–water partition coefficient (Wildman–Crippen LogP) is -0.418. The summed E-state index contributed by atoms with van der Waals surface area (Å²) >= 11 is 0. The molecule has 1 rings (SSSR count). The van der Waals surface area contributed by atoms with E-state index in [1.54, 1.807) is 13.8 Å². The highest BCUT2D eigenvalue weighted by Gasteiger charge is 2.31. The Morgan fingerprint density at radius 1 is 1.45 bits per heavy atom. The molecule has 0 spiro atoms. The van der Waals surface area contributed by atoms with Gasteiger partial charge in [-0.05, 0) is 19.3 Å². The van der Waals surface area contributed by atoms with Crippen molar-refractivity contribution in [3.05, 3.63) is 0 Å². The number of amides is 2. The minimum atomic E-state index is -0.882. The second kappa shape index (κ2) is 7.84. The van der Waals surface area contributed by atoms with E-state index in [0.29, 0.717) is 19.6 Å². The molecule has 0 aliphatic carbocycles. The molecule has 1 aliphatic heterocycles. The lowest BCUT2D eigenvalue weighted by atomic mass is 9.96. The number of primary amides is 1. The third-order valence-electron chi connectivity index (χ3n) is 3.27. The number of ether oxygens (including phenoxy) is 2. The van der Waals surface area contributed by atoms with Crippen LogP contribution in [0.15, 0.2) is 0 Å². The third-order valence-corrected chi connectivity index (χ3v) is 3.27. The van der Waals surface area contributed by atoms with Crippen molar-refractivity contribution in [2.45, 2.75) is 32.7 Å². The molecule has 2 amide bonds.